The Labute approximate surface area is 207 Å². The summed E-state index contributed by atoms with van der Waals surface area (Å²) >= 11 is 0. The van der Waals surface area contributed by atoms with E-state index in [0.29, 0.717) is 30.1 Å². The number of hydrogen-bond donors (Lipinski definition) is 0. The maximum Gasteiger partial charge on any atom is 0.338 e. The van der Waals surface area contributed by atoms with Crippen LogP contribution in [0.15, 0.2) is 72.8 Å². The normalized spacial score (nSPS) is 16.2. The van der Waals surface area contributed by atoms with Crippen LogP contribution < -0.4 is 4.74 Å². The van der Waals surface area contributed by atoms with Crippen LogP contribution >= 0.6 is 0 Å². The number of carbonyl (C=O) groups excluding carboxylic acids is 2. The molecule has 0 aromatic heterocycles. The van der Waals surface area contributed by atoms with Gasteiger partial charge in [0.1, 0.15) is 12.4 Å². The number of benzene rings is 2. The Kier molecular flexibility index (Phi) is 8.30. The zero-order chi connectivity index (χ0) is 25.6. The highest BCUT2D eigenvalue weighted by atomic mass is 16.7. The van der Waals surface area contributed by atoms with Crippen molar-refractivity contribution in [2.24, 2.45) is 5.41 Å². The highest BCUT2D eigenvalue weighted by Gasteiger charge is 2.41. The summed E-state index contributed by atoms with van der Waals surface area (Å²) in [4.78, 5) is 23.6. The molecule has 0 atom stereocenters. The molecule has 1 aliphatic rings. The second-order valence-corrected chi connectivity index (χ2v) is 9.72. The lowest BCUT2D eigenvalue weighted by Gasteiger charge is -2.43. The third kappa shape index (κ3) is 7.38. The zero-order valence-corrected chi connectivity index (χ0v) is 21.0. The number of hydrogen-bond acceptors (Lipinski definition) is 6. The van der Waals surface area contributed by atoms with Crippen molar-refractivity contribution >= 4 is 11.9 Å². The molecule has 35 heavy (non-hydrogen) atoms. The molecule has 1 fully saturated rings. The summed E-state index contributed by atoms with van der Waals surface area (Å²) in [5.41, 5.74) is 3.55. The highest BCUT2D eigenvalue weighted by Crippen LogP contribution is 2.35. The molecule has 0 unspecified atom stereocenters. The van der Waals surface area contributed by atoms with E-state index in [1.807, 2.05) is 26.0 Å². The minimum absolute atomic E-state index is 0.217. The summed E-state index contributed by atoms with van der Waals surface area (Å²) in [6, 6.07) is 15.7. The molecular formula is C29H34O6. The van der Waals surface area contributed by atoms with Crippen LogP contribution in [0.1, 0.15) is 39.7 Å². The van der Waals surface area contributed by atoms with Gasteiger partial charge in [-0.25, -0.2) is 9.59 Å². The van der Waals surface area contributed by atoms with E-state index in [2.05, 4.69) is 37.4 Å². The van der Waals surface area contributed by atoms with Gasteiger partial charge in [0.25, 0.3) is 0 Å². The maximum absolute atomic E-state index is 12.0. The summed E-state index contributed by atoms with van der Waals surface area (Å²) in [7, 11) is 0. The fraction of sp³-hybridized carbons (Fsp3) is 0.379. The molecule has 1 saturated heterocycles. The molecule has 0 bridgehead atoms. The topological polar surface area (TPSA) is 71.1 Å². The molecule has 0 N–H and O–H groups in total. The number of carbonyl (C=O) groups is 2. The van der Waals surface area contributed by atoms with Gasteiger partial charge in [-0.2, -0.15) is 0 Å². The molecule has 1 heterocycles. The average molecular weight is 479 g/mol. The summed E-state index contributed by atoms with van der Waals surface area (Å²) in [5.74, 6) is -1.01. The lowest BCUT2D eigenvalue weighted by molar-refractivity contribution is -0.291. The van der Waals surface area contributed by atoms with E-state index in [1.54, 1.807) is 26.0 Å². The third-order valence-corrected chi connectivity index (χ3v) is 5.95. The number of ether oxygens (including phenoxy) is 4. The first-order valence-electron chi connectivity index (χ1n) is 11.7. The highest BCUT2D eigenvalue weighted by molar-refractivity contribution is 5.88. The van der Waals surface area contributed by atoms with Gasteiger partial charge >= 0.3 is 11.9 Å². The molecule has 2 aromatic carbocycles. The van der Waals surface area contributed by atoms with Gasteiger partial charge in [-0.3, -0.25) is 0 Å². The second kappa shape index (κ2) is 11.0. The van der Waals surface area contributed by atoms with Gasteiger partial charge in [-0.15, -0.1) is 0 Å². The molecule has 186 valence electrons. The fourth-order valence-electron chi connectivity index (χ4n) is 3.56. The Morgan fingerprint density at radius 2 is 1.37 bits per heavy atom. The summed E-state index contributed by atoms with van der Waals surface area (Å²) < 4.78 is 22.6. The molecule has 0 spiro atoms. The van der Waals surface area contributed by atoms with E-state index < -0.39 is 23.1 Å². The van der Waals surface area contributed by atoms with Crippen LogP contribution in [-0.4, -0.2) is 37.5 Å². The molecule has 3 rings (SSSR count). The Morgan fingerprint density at radius 1 is 0.857 bits per heavy atom. The minimum Gasteiger partial charge on any atom is -0.462 e. The lowest BCUT2D eigenvalue weighted by Crippen LogP contribution is -2.49. The Morgan fingerprint density at radius 3 is 1.89 bits per heavy atom. The molecule has 6 nitrogen and oxygen atoms in total. The molecule has 0 amide bonds. The van der Waals surface area contributed by atoms with E-state index in [4.69, 9.17) is 18.9 Å². The third-order valence-electron chi connectivity index (χ3n) is 5.95. The second-order valence-electron chi connectivity index (χ2n) is 9.72. The molecular weight excluding hydrogens is 444 g/mol. The molecule has 0 radical (unpaired) electrons. The van der Waals surface area contributed by atoms with Crippen LogP contribution in [-0.2, 0) is 30.2 Å². The largest absolute Gasteiger partial charge is 0.462 e. The van der Waals surface area contributed by atoms with Crippen molar-refractivity contribution in [3.05, 3.63) is 78.4 Å². The van der Waals surface area contributed by atoms with Crippen molar-refractivity contribution in [3.8, 4) is 16.9 Å². The van der Waals surface area contributed by atoms with Gasteiger partial charge in [0, 0.05) is 11.1 Å². The van der Waals surface area contributed by atoms with Gasteiger partial charge in [-0.05, 0) is 69.4 Å². The average Bonchev–Trinajstić information content (AvgIpc) is 2.83. The van der Waals surface area contributed by atoms with Crippen molar-refractivity contribution in [2.75, 3.05) is 19.8 Å². The van der Waals surface area contributed by atoms with Crippen LogP contribution in [0.5, 0.6) is 5.75 Å². The first kappa shape index (κ1) is 26.4. The maximum atomic E-state index is 12.0. The molecule has 6 heteroatoms. The van der Waals surface area contributed by atoms with Crippen LogP contribution in [0, 0.1) is 5.41 Å². The molecule has 0 aliphatic carbocycles. The van der Waals surface area contributed by atoms with E-state index in [9.17, 15) is 9.59 Å². The Hall–Kier alpha value is -3.22. The smallest absolute Gasteiger partial charge is 0.338 e. The first-order valence-corrected chi connectivity index (χ1v) is 11.7. The standard InChI is InChI=1S/C29H34O6/c1-20(2)26(30)32-17-29(18-33-28(5,6)34-19-29)16-15-22-7-9-23(10-8-22)24-11-13-25(14-12-24)35-27(31)21(3)4/h7-14H,1,3,15-19H2,2,4-6H3. The SMILES string of the molecule is C=C(C)C(=O)OCC1(CCc2ccc(-c3ccc(OC(=O)C(=C)C)cc3)cc2)COC(C)(C)OC1. The van der Waals surface area contributed by atoms with Gasteiger partial charge in [-0.1, -0.05) is 49.6 Å². The summed E-state index contributed by atoms with van der Waals surface area (Å²) in [6.07, 6.45) is 1.53. The van der Waals surface area contributed by atoms with Crippen molar-refractivity contribution in [2.45, 2.75) is 46.3 Å². The van der Waals surface area contributed by atoms with Crippen LogP contribution in [0.2, 0.25) is 0 Å². The van der Waals surface area contributed by atoms with Gasteiger partial charge in [0.2, 0.25) is 0 Å². The van der Waals surface area contributed by atoms with Gasteiger partial charge < -0.3 is 18.9 Å². The Bertz CT molecular complexity index is 1070. The minimum atomic E-state index is -0.651. The Balaban J connectivity index is 1.64. The predicted molar refractivity (Wildman–Crippen MR) is 135 cm³/mol. The summed E-state index contributed by atoms with van der Waals surface area (Å²) in [6.45, 7) is 15.4. The van der Waals surface area contributed by atoms with E-state index in [-0.39, 0.29) is 6.61 Å². The van der Waals surface area contributed by atoms with Crippen LogP contribution in [0.4, 0.5) is 0 Å². The number of aryl methyl sites for hydroxylation is 1. The predicted octanol–water partition coefficient (Wildman–Crippen LogP) is 5.66. The molecule has 1 aliphatic heterocycles. The van der Waals surface area contributed by atoms with E-state index in [1.165, 1.54) is 0 Å². The lowest BCUT2D eigenvalue weighted by atomic mass is 9.83. The monoisotopic (exact) mass is 478 g/mol. The molecule has 2 aromatic rings. The zero-order valence-electron chi connectivity index (χ0n) is 21.0. The van der Waals surface area contributed by atoms with Crippen molar-refractivity contribution in [1.82, 2.24) is 0 Å². The first-order chi connectivity index (χ1) is 16.5. The molecule has 0 saturated carbocycles. The van der Waals surface area contributed by atoms with Crippen LogP contribution in [0.3, 0.4) is 0 Å². The van der Waals surface area contributed by atoms with Crippen molar-refractivity contribution < 1.29 is 28.5 Å². The number of esters is 2. The quantitative estimate of drug-likeness (QED) is 0.263. The van der Waals surface area contributed by atoms with Gasteiger partial charge in [0.05, 0.1) is 18.6 Å². The van der Waals surface area contributed by atoms with Crippen molar-refractivity contribution in [3.63, 3.8) is 0 Å². The number of rotatable bonds is 9. The van der Waals surface area contributed by atoms with Gasteiger partial charge in [0.15, 0.2) is 5.79 Å². The van der Waals surface area contributed by atoms with E-state index >= 15 is 0 Å². The van der Waals surface area contributed by atoms with Crippen molar-refractivity contribution in [1.29, 1.82) is 0 Å². The van der Waals surface area contributed by atoms with E-state index in [0.717, 1.165) is 29.5 Å². The fourth-order valence-corrected chi connectivity index (χ4v) is 3.56. The summed E-state index contributed by atoms with van der Waals surface area (Å²) in [5, 5.41) is 0. The van der Waals surface area contributed by atoms with Crippen LogP contribution in [0.25, 0.3) is 11.1 Å².